The van der Waals surface area contributed by atoms with Crippen LogP contribution in [0.5, 0.6) is 11.5 Å². The quantitative estimate of drug-likeness (QED) is 0.568. The zero-order valence-electron chi connectivity index (χ0n) is 17.8. The largest absolute Gasteiger partial charge is 0.493 e. The van der Waals surface area contributed by atoms with Crippen LogP contribution < -0.4 is 14.8 Å². The molecule has 5 heteroatoms. The van der Waals surface area contributed by atoms with E-state index in [0.29, 0.717) is 18.9 Å². The molecule has 0 aromatic heterocycles. The second-order valence-electron chi connectivity index (χ2n) is 8.84. The molecule has 0 aliphatic rings. The number of nitrogens with one attached hydrogen (secondary N) is 1. The normalized spacial score (nSPS) is 11.7. The first-order chi connectivity index (χ1) is 12.6. The number of hydrogen-bond donors (Lipinski definition) is 1. The van der Waals surface area contributed by atoms with Crippen molar-refractivity contribution in [3.63, 3.8) is 0 Å². The van der Waals surface area contributed by atoms with E-state index < -0.39 is 0 Å². The highest BCUT2D eigenvalue weighted by molar-refractivity contribution is 5.85. The summed E-state index contributed by atoms with van der Waals surface area (Å²) in [6.45, 7) is 12.2. The van der Waals surface area contributed by atoms with Crippen LogP contribution in [0.25, 0.3) is 0 Å². The summed E-state index contributed by atoms with van der Waals surface area (Å²) < 4.78 is 24.7. The molecule has 0 spiro atoms. The van der Waals surface area contributed by atoms with Gasteiger partial charge in [0, 0.05) is 17.6 Å². The maximum Gasteiger partial charge on any atom is 0.166 e. The van der Waals surface area contributed by atoms with Gasteiger partial charge >= 0.3 is 0 Å². The van der Waals surface area contributed by atoms with Crippen molar-refractivity contribution < 1.29 is 13.9 Å². The van der Waals surface area contributed by atoms with E-state index in [2.05, 4.69) is 39.9 Å². The first kappa shape index (κ1) is 24.3. The highest BCUT2D eigenvalue weighted by Crippen LogP contribution is 2.33. The van der Waals surface area contributed by atoms with E-state index in [1.165, 1.54) is 12.1 Å². The Morgan fingerprint density at radius 1 is 0.964 bits per heavy atom. The summed E-state index contributed by atoms with van der Waals surface area (Å²) in [5.74, 6) is 1.18. The minimum atomic E-state index is -0.248. The first-order valence-corrected chi connectivity index (χ1v) is 9.38. The van der Waals surface area contributed by atoms with Crippen LogP contribution in [0.4, 0.5) is 4.39 Å². The Morgan fingerprint density at radius 3 is 2.18 bits per heavy atom. The molecule has 0 saturated carbocycles. The van der Waals surface area contributed by atoms with E-state index in [0.717, 1.165) is 23.3 Å². The van der Waals surface area contributed by atoms with Gasteiger partial charge in [0.1, 0.15) is 12.4 Å². The van der Waals surface area contributed by atoms with Gasteiger partial charge in [0.05, 0.1) is 7.11 Å². The van der Waals surface area contributed by atoms with Crippen molar-refractivity contribution in [1.82, 2.24) is 5.32 Å². The highest BCUT2D eigenvalue weighted by Gasteiger charge is 2.25. The number of halogens is 2. The monoisotopic (exact) mass is 409 g/mol. The van der Waals surface area contributed by atoms with Gasteiger partial charge in [-0.1, -0.05) is 45.0 Å². The molecule has 28 heavy (non-hydrogen) atoms. The summed E-state index contributed by atoms with van der Waals surface area (Å²) in [5, 5.41) is 3.64. The number of rotatable bonds is 8. The summed E-state index contributed by atoms with van der Waals surface area (Å²) >= 11 is 0. The van der Waals surface area contributed by atoms with Crippen LogP contribution in [0.3, 0.4) is 0 Å². The fraction of sp³-hybridized carbons (Fsp3) is 0.478. The second kappa shape index (κ2) is 10.1. The Hall–Kier alpha value is -1.78. The van der Waals surface area contributed by atoms with Crippen LogP contribution in [0.2, 0.25) is 0 Å². The highest BCUT2D eigenvalue weighted by atomic mass is 35.5. The van der Waals surface area contributed by atoms with Gasteiger partial charge in [-0.25, -0.2) is 4.39 Å². The van der Waals surface area contributed by atoms with Gasteiger partial charge in [-0.2, -0.15) is 0 Å². The predicted octanol–water partition coefficient (Wildman–Crippen LogP) is 6.14. The summed E-state index contributed by atoms with van der Waals surface area (Å²) in [7, 11) is 1.64. The number of ether oxygens (including phenoxy) is 2. The van der Waals surface area contributed by atoms with Crippen molar-refractivity contribution in [3.05, 3.63) is 59.4 Å². The molecular weight excluding hydrogens is 377 g/mol. The topological polar surface area (TPSA) is 30.5 Å². The molecule has 0 saturated heterocycles. The fourth-order valence-corrected chi connectivity index (χ4v) is 3.48. The van der Waals surface area contributed by atoms with E-state index in [-0.39, 0.29) is 29.2 Å². The van der Waals surface area contributed by atoms with Crippen molar-refractivity contribution in [2.75, 3.05) is 7.11 Å². The molecule has 0 aliphatic carbocycles. The lowest BCUT2D eigenvalue weighted by molar-refractivity contribution is 0.237. The Balaban J connectivity index is 0.00000392. The third-order valence-corrected chi connectivity index (χ3v) is 4.31. The van der Waals surface area contributed by atoms with Gasteiger partial charge in [0.25, 0.3) is 0 Å². The molecule has 0 radical (unpaired) electrons. The lowest BCUT2D eigenvalue weighted by Gasteiger charge is -2.33. The smallest absolute Gasteiger partial charge is 0.166 e. The predicted molar refractivity (Wildman–Crippen MR) is 116 cm³/mol. The zero-order chi connectivity index (χ0) is 20.1. The van der Waals surface area contributed by atoms with Crippen molar-refractivity contribution in [1.29, 1.82) is 0 Å². The molecule has 2 aromatic rings. The molecule has 0 fully saturated rings. The Bertz CT molecular complexity index is 739. The van der Waals surface area contributed by atoms with E-state index in [9.17, 15) is 4.39 Å². The van der Waals surface area contributed by atoms with Gasteiger partial charge < -0.3 is 14.8 Å². The average Bonchev–Trinajstić information content (AvgIpc) is 2.57. The molecule has 3 nitrogen and oxygen atoms in total. The lowest BCUT2D eigenvalue weighted by atomic mass is 9.82. The molecular formula is C23H33ClFNO2. The summed E-state index contributed by atoms with van der Waals surface area (Å²) in [6, 6.07) is 12.3. The Kier molecular flexibility index (Phi) is 8.77. The van der Waals surface area contributed by atoms with Crippen molar-refractivity contribution in [3.8, 4) is 11.5 Å². The van der Waals surface area contributed by atoms with Gasteiger partial charge in [-0.3, -0.25) is 0 Å². The molecule has 0 bridgehead atoms. The number of para-hydroxylation sites is 1. The van der Waals surface area contributed by atoms with Crippen LogP contribution in [-0.4, -0.2) is 12.6 Å². The molecule has 0 amide bonds. The molecule has 2 aromatic carbocycles. The van der Waals surface area contributed by atoms with Crippen LogP contribution in [0.15, 0.2) is 42.5 Å². The van der Waals surface area contributed by atoms with Crippen LogP contribution in [0.1, 0.15) is 52.2 Å². The number of hydrogen-bond acceptors (Lipinski definition) is 3. The third-order valence-electron chi connectivity index (χ3n) is 4.31. The minimum Gasteiger partial charge on any atom is -0.493 e. The number of methoxy groups -OCH3 is 1. The van der Waals surface area contributed by atoms with Gasteiger partial charge in [0.2, 0.25) is 0 Å². The van der Waals surface area contributed by atoms with E-state index >= 15 is 0 Å². The van der Waals surface area contributed by atoms with Crippen molar-refractivity contribution in [2.45, 2.75) is 59.7 Å². The molecule has 1 N–H and O–H groups in total. The third kappa shape index (κ3) is 7.69. The van der Waals surface area contributed by atoms with Crippen LogP contribution >= 0.6 is 12.4 Å². The maximum atomic E-state index is 13.1. The van der Waals surface area contributed by atoms with Crippen molar-refractivity contribution >= 4 is 12.4 Å². The van der Waals surface area contributed by atoms with Crippen LogP contribution in [0, 0.1) is 11.2 Å². The minimum absolute atomic E-state index is 0. The molecule has 0 atom stereocenters. The first-order valence-electron chi connectivity index (χ1n) is 9.38. The van der Waals surface area contributed by atoms with Crippen molar-refractivity contribution in [2.24, 2.45) is 5.41 Å². The van der Waals surface area contributed by atoms with E-state index in [1.807, 2.05) is 18.2 Å². The summed E-state index contributed by atoms with van der Waals surface area (Å²) in [5.41, 5.74) is 2.19. The molecule has 2 rings (SSSR count). The van der Waals surface area contributed by atoms with E-state index in [1.54, 1.807) is 19.2 Å². The average molecular weight is 410 g/mol. The standard InChI is InChI=1S/C23H32FNO2.ClH/c1-22(2,3)16-23(4,5)25-14-18-8-7-9-20(26-6)21(18)27-15-17-10-12-19(24)13-11-17;/h7-13,25H,14-16H2,1-6H3;1H. The Labute approximate surface area is 175 Å². The molecule has 0 unspecified atom stereocenters. The zero-order valence-corrected chi connectivity index (χ0v) is 18.6. The summed E-state index contributed by atoms with van der Waals surface area (Å²) in [6.07, 6.45) is 1.05. The lowest BCUT2D eigenvalue weighted by Crippen LogP contribution is -2.41. The second-order valence-corrected chi connectivity index (χ2v) is 8.84. The molecule has 156 valence electrons. The molecule has 0 aliphatic heterocycles. The molecule has 0 heterocycles. The fourth-order valence-electron chi connectivity index (χ4n) is 3.48. The summed E-state index contributed by atoms with van der Waals surface area (Å²) in [4.78, 5) is 0. The van der Waals surface area contributed by atoms with Crippen LogP contribution in [-0.2, 0) is 13.2 Å². The van der Waals surface area contributed by atoms with Gasteiger partial charge in [-0.05, 0) is 49.4 Å². The number of benzene rings is 2. The maximum absolute atomic E-state index is 13.1. The van der Waals surface area contributed by atoms with E-state index in [4.69, 9.17) is 9.47 Å². The Morgan fingerprint density at radius 2 is 1.61 bits per heavy atom. The van der Waals surface area contributed by atoms with Gasteiger partial charge in [0.15, 0.2) is 11.5 Å². The van der Waals surface area contributed by atoms with Gasteiger partial charge in [-0.15, -0.1) is 12.4 Å². The SMILES string of the molecule is COc1cccc(CNC(C)(C)CC(C)(C)C)c1OCc1ccc(F)cc1.Cl.